The molecule has 0 fully saturated rings. The second-order valence-corrected chi connectivity index (χ2v) is 7.20. The number of benzene rings is 2. The molecular formula is C17H21NO4S. The summed E-state index contributed by atoms with van der Waals surface area (Å²) in [7, 11) is -0.374. The fraction of sp³-hybridized carbons (Fsp3) is 0.294. The number of hydrogen-bond donors (Lipinski definition) is 0. The molecule has 5 nitrogen and oxygen atoms in total. The number of nitrogens with zero attached hydrogens (tertiary/aromatic N) is 1. The Balaban J connectivity index is 2.41. The SMILES string of the molecule is COc1ccc(N(Cc2ccc(C)cc2)S(C)(=O)=O)cc1OC. The second-order valence-electron chi connectivity index (χ2n) is 5.29. The highest BCUT2D eigenvalue weighted by atomic mass is 32.2. The number of rotatable bonds is 6. The van der Waals surface area contributed by atoms with E-state index in [0.29, 0.717) is 17.2 Å². The van der Waals surface area contributed by atoms with E-state index in [1.54, 1.807) is 18.2 Å². The highest BCUT2D eigenvalue weighted by Gasteiger charge is 2.19. The van der Waals surface area contributed by atoms with E-state index in [1.807, 2.05) is 31.2 Å². The van der Waals surface area contributed by atoms with Crippen LogP contribution in [0, 0.1) is 6.92 Å². The molecule has 0 saturated heterocycles. The van der Waals surface area contributed by atoms with Crippen LogP contribution in [0.25, 0.3) is 0 Å². The normalized spacial score (nSPS) is 11.1. The van der Waals surface area contributed by atoms with E-state index in [1.165, 1.54) is 24.8 Å². The molecule has 0 atom stereocenters. The van der Waals surface area contributed by atoms with Crippen molar-refractivity contribution in [3.8, 4) is 11.5 Å². The van der Waals surface area contributed by atoms with Crippen LogP contribution in [-0.4, -0.2) is 28.9 Å². The summed E-state index contributed by atoms with van der Waals surface area (Å²) in [6.07, 6.45) is 1.19. The zero-order valence-corrected chi connectivity index (χ0v) is 14.6. The third-order valence-corrected chi connectivity index (χ3v) is 4.64. The molecule has 0 saturated carbocycles. The highest BCUT2D eigenvalue weighted by molar-refractivity contribution is 7.92. The van der Waals surface area contributed by atoms with E-state index in [4.69, 9.17) is 9.47 Å². The Morgan fingerprint density at radius 1 is 0.957 bits per heavy atom. The molecule has 0 bridgehead atoms. The van der Waals surface area contributed by atoms with Gasteiger partial charge in [0.15, 0.2) is 11.5 Å². The Labute approximate surface area is 137 Å². The summed E-state index contributed by atoms with van der Waals surface area (Å²) >= 11 is 0. The minimum absolute atomic E-state index is 0.259. The molecule has 2 aromatic rings. The van der Waals surface area contributed by atoms with Gasteiger partial charge in [-0.1, -0.05) is 29.8 Å². The van der Waals surface area contributed by atoms with Crippen LogP contribution in [0.1, 0.15) is 11.1 Å². The summed E-state index contributed by atoms with van der Waals surface area (Å²) < 4.78 is 36.2. The molecule has 2 aromatic carbocycles. The summed E-state index contributed by atoms with van der Waals surface area (Å²) in [6.45, 7) is 2.25. The predicted octanol–water partition coefficient (Wildman–Crippen LogP) is 2.98. The first-order chi connectivity index (χ1) is 10.8. The molecule has 0 N–H and O–H groups in total. The van der Waals surface area contributed by atoms with Gasteiger partial charge in [0.2, 0.25) is 10.0 Å². The van der Waals surface area contributed by atoms with Gasteiger partial charge in [0.25, 0.3) is 0 Å². The fourth-order valence-electron chi connectivity index (χ4n) is 2.24. The fourth-order valence-corrected chi connectivity index (χ4v) is 3.12. The van der Waals surface area contributed by atoms with E-state index >= 15 is 0 Å². The standard InChI is InChI=1S/C17H21NO4S/c1-13-5-7-14(8-6-13)12-18(23(4,19)20)15-9-10-16(21-2)17(11-15)22-3/h5-11H,12H2,1-4H3. The van der Waals surface area contributed by atoms with E-state index in [0.717, 1.165) is 11.1 Å². The lowest BCUT2D eigenvalue weighted by Gasteiger charge is -2.23. The van der Waals surface area contributed by atoms with Crippen molar-refractivity contribution in [1.82, 2.24) is 0 Å². The molecule has 0 aliphatic carbocycles. The lowest BCUT2D eigenvalue weighted by atomic mass is 10.1. The molecule has 6 heteroatoms. The van der Waals surface area contributed by atoms with Crippen LogP contribution >= 0.6 is 0 Å². The van der Waals surface area contributed by atoms with Crippen molar-refractivity contribution >= 4 is 15.7 Å². The topological polar surface area (TPSA) is 55.8 Å². The van der Waals surface area contributed by atoms with Crippen LogP contribution in [0.15, 0.2) is 42.5 Å². The first-order valence-electron chi connectivity index (χ1n) is 7.10. The molecule has 0 aromatic heterocycles. The van der Waals surface area contributed by atoms with Crippen molar-refractivity contribution in [1.29, 1.82) is 0 Å². The molecule has 124 valence electrons. The average molecular weight is 335 g/mol. The van der Waals surface area contributed by atoms with Crippen molar-refractivity contribution in [2.75, 3.05) is 24.8 Å². The second kappa shape index (κ2) is 6.91. The number of sulfonamides is 1. The monoisotopic (exact) mass is 335 g/mol. The molecule has 0 amide bonds. The first kappa shape index (κ1) is 17.1. The van der Waals surface area contributed by atoms with Gasteiger partial charge in [-0.2, -0.15) is 0 Å². The minimum Gasteiger partial charge on any atom is -0.493 e. The summed E-state index contributed by atoms with van der Waals surface area (Å²) in [5.41, 5.74) is 2.58. The third-order valence-electron chi connectivity index (χ3n) is 3.50. The van der Waals surface area contributed by atoms with Crippen molar-refractivity contribution in [2.45, 2.75) is 13.5 Å². The molecule has 23 heavy (non-hydrogen) atoms. The smallest absolute Gasteiger partial charge is 0.232 e. The maximum atomic E-state index is 12.2. The molecular weight excluding hydrogens is 314 g/mol. The maximum absolute atomic E-state index is 12.2. The van der Waals surface area contributed by atoms with Gasteiger partial charge in [-0.3, -0.25) is 4.31 Å². The van der Waals surface area contributed by atoms with Crippen LogP contribution in [0.4, 0.5) is 5.69 Å². The Hall–Kier alpha value is -2.21. The van der Waals surface area contributed by atoms with Crippen LogP contribution in [0.3, 0.4) is 0 Å². The van der Waals surface area contributed by atoms with Crippen LogP contribution < -0.4 is 13.8 Å². The van der Waals surface area contributed by atoms with E-state index in [2.05, 4.69) is 0 Å². The number of hydrogen-bond acceptors (Lipinski definition) is 4. The molecule has 0 aliphatic heterocycles. The van der Waals surface area contributed by atoms with E-state index in [9.17, 15) is 8.42 Å². The van der Waals surface area contributed by atoms with Crippen LogP contribution in [-0.2, 0) is 16.6 Å². The molecule has 0 spiro atoms. The van der Waals surface area contributed by atoms with E-state index in [-0.39, 0.29) is 6.54 Å². The predicted molar refractivity (Wildman–Crippen MR) is 91.8 cm³/mol. The quantitative estimate of drug-likeness (QED) is 0.814. The summed E-state index contributed by atoms with van der Waals surface area (Å²) in [5.74, 6) is 1.04. The Morgan fingerprint density at radius 2 is 1.57 bits per heavy atom. The van der Waals surface area contributed by atoms with Gasteiger partial charge in [0, 0.05) is 6.07 Å². The van der Waals surface area contributed by atoms with Crippen molar-refractivity contribution in [2.24, 2.45) is 0 Å². The van der Waals surface area contributed by atoms with Crippen LogP contribution in [0.2, 0.25) is 0 Å². The van der Waals surface area contributed by atoms with Gasteiger partial charge in [-0.25, -0.2) is 8.42 Å². The summed E-state index contributed by atoms with van der Waals surface area (Å²) in [5, 5.41) is 0. The molecule has 0 aliphatic rings. The number of ether oxygens (including phenoxy) is 2. The van der Waals surface area contributed by atoms with Gasteiger partial charge in [0.1, 0.15) is 0 Å². The van der Waals surface area contributed by atoms with Crippen molar-refractivity contribution in [3.63, 3.8) is 0 Å². The first-order valence-corrected chi connectivity index (χ1v) is 8.95. The number of anilines is 1. The Kier molecular flexibility index (Phi) is 5.15. The summed E-state index contributed by atoms with van der Waals surface area (Å²) in [6, 6.07) is 12.8. The molecule has 2 rings (SSSR count). The average Bonchev–Trinajstić information content (AvgIpc) is 2.52. The molecule has 0 heterocycles. The number of aryl methyl sites for hydroxylation is 1. The molecule has 0 radical (unpaired) electrons. The Bertz CT molecular complexity index is 770. The van der Waals surface area contributed by atoms with Gasteiger partial charge in [-0.05, 0) is 24.6 Å². The number of methoxy groups -OCH3 is 2. The third kappa shape index (κ3) is 4.16. The van der Waals surface area contributed by atoms with Crippen molar-refractivity contribution in [3.05, 3.63) is 53.6 Å². The van der Waals surface area contributed by atoms with Crippen molar-refractivity contribution < 1.29 is 17.9 Å². The summed E-state index contributed by atoms with van der Waals surface area (Å²) in [4.78, 5) is 0. The zero-order chi connectivity index (χ0) is 17.0. The van der Waals surface area contributed by atoms with Gasteiger partial charge in [-0.15, -0.1) is 0 Å². The van der Waals surface area contributed by atoms with E-state index < -0.39 is 10.0 Å². The lowest BCUT2D eigenvalue weighted by molar-refractivity contribution is 0.355. The van der Waals surface area contributed by atoms with Gasteiger partial charge >= 0.3 is 0 Å². The molecule has 0 unspecified atom stereocenters. The Morgan fingerprint density at radius 3 is 2.09 bits per heavy atom. The lowest BCUT2D eigenvalue weighted by Crippen LogP contribution is -2.29. The minimum atomic E-state index is -3.43. The van der Waals surface area contributed by atoms with Gasteiger partial charge < -0.3 is 9.47 Å². The maximum Gasteiger partial charge on any atom is 0.232 e. The zero-order valence-electron chi connectivity index (χ0n) is 13.7. The van der Waals surface area contributed by atoms with Gasteiger partial charge in [0.05, 0.1) is 32.7 Å². The van der Waals surface area contributed by atoms with Crippen LogP contribution in [0.5, 0.6) is 11.5 Å². The highest BCUT2D eigenvalue weighted by Crippen LogP contribution is 2.33. The largest absolute Gasteiger partial charge is 0.493 e.